The number of carbonyl (C=O) groups excluding carboxylic acids is 2. The van der Waals surface area contributed by atoms with E-state index in [0.717, 1.165) is 11.8 Å². The Bertz CT molecular complexity index is 1520. The zero-order valence-corrected chi connectivity index (χ0v) is 21.5. The Hall–Kier alpha value is -4.54. The van der Waals surface area contributed by atoms with Crippen LogP contribution >= 0.6 is 0 Å². The van der Waals surface area contributed by atoms with Crippen LogP contribution in [0.4, 0.5) is 20.2 Å². The average Bonchev–Trinajstić information content (AvgIpc) is 3.74. The Balaban J connectivity index is 1.29. The fourth-order valence-corrected chi connectivity index (χ4v) is 4.34. The smallest absolute Gasteiger partial charge is 0.240 e. The minimum Gasteiger partial charge on any atom is -0.495 e. The van der Waals surface area contributed by atoms with Crippen molar-refractivity contribution in [3.63, 3.8) is 0 Å². The molecule has 2 aromatic carbocycles. The van der Waals surface area contributed by atoms with Crippen molar-refractivity contribution in [2.75, 3.05) is 24.8 Å². The third-order valence-corrected chi connectivity index (χ3v) is 6.87. The lowest BCUT2D eigenvalue weighted by atomic mass is 9.98. The van der Waals surface area contributed by atoms with Crippen molar-refractivity contribution < 1.29 is 27.8 Å². The molecule has 0 bridgehead atoms. The number of ether oxygens (including phenoxy) is 2. The number of hydrogen-bond donors (Lipinski definition) is 3. The number of benzene rings is 2. The van der Waals surface area contributed by atoms with E-state index in [1.807, 2.05) is 0 Å². The molecule has 11 heteroatoms. The molecule has 2 aliphatic rings. The van der Waals surface area contributed by atoms with Gasteiger partial charge in [-0.1, -0.05) is 13.0 Å². The summed E-state index contributed by atoms with van der Waals surface area (Å²) in [6, 6.07) is 7.41. The number of carbonyl (C=O) groups is 2. The second-order valence-corrected chi connectivity index (χ2v) is 9.52. The maximum atomic E-state index is 15.0. The summed E-state index contributed by atoms with van der Waals surface area (Å²) in [6.45, 7) is 1.70. The van der Waals surface area contributed by atoms with Crippen LogP contribution in [0.15, 0.2) is 60.6 Å². The molecule has 3 N–H and O–H groups in total. The number of halogens is 2. The van der Waals surface area contributed by atoms with Gasteiger partial charge in [0.05, 0.1) is 23.7 Å². The van der Waals surface area contributed by atoms with Gasteiger partial charge in [-0.2, -0.15) is 0 Å². The SMILES string of the molecule is CNc1cc2ncnc(Oc3ccc(NC(=O)C4(C(=O)NC5=C[C@H](C)C(F)C=C5)CC4)cc3F)c2cc1OC. The van der Waals surface area contributed by atoms with E-state index in [1.165, 1.54) is 37.7 Å². The van der Waals surface area contributed by atoms with Crippen LogP contribution in [0, 0.1) is 17.2 Å². The second-order valence-electron chi connectivity index (χ2n) is 9.52. The summed E-state index contributed by atoms with van der Waals surface area (Å²) >= 11 is 0. The highest BCUT2D eigenvalue weighted by Gasteiger charge is 2.56. The standard InChI is InChI=1S/C28H27F2N5O4/c1-15-10-16(4-6-19(15)29)34-26(36)28(8-9-28)27(37)35-17-5-7-23(20(30)11-17)39-25-18-12-24(38-3)22(31-2)13-21(18)32-14-33-25/h4-7,10-15,19,31H,8-9H2,1-3H3,(H,34,36)(H,35,37)/t15-,19?/m0/s1. The molecule has 0 aliphatic heterocycles. The van der Waals surface area contributed by atoms with Crippen molar-refractivity contribution in [1.82, 2.24) is 15.3 Å². The first-order valence-corrected chi connectivity index (χ1v) is 12.4. The number of aromatic nitrogens is 2. The molecule has 9 nitrogen and oxygen atoms in total. The number of nitrogens with zero attached hydrogens (tertiary/aromatic N) is 2. The summed E-state index contributed by atoms with van der Waals surface area (Å²) in [5, 5.41) is 8.87. The minimum absolute atomic E-state index is 0.111. The number of amides is 2. The number of methoxy groups -OCH3 is 1. The van der Waals surface area contributed by atoms with Crippen LogP contribution in [0.25, 0.3) is 10.9 Å². The lowest BCUT2D eigenvalue weighted by Gasteiger charge is -2.20. The Labute approximate surface area is 223 Å². The molecule has 0 saturated heterocycles. The number of allylic oxidation sites excluding steroid dienone is 3. The van der Waals surface area contributed by atoms with Gasteiger partial charge >= 0.3 is 0 Å². The van der Waals surface area contributed by atoms with Gasteiger partial charge in [-0.05, 0) is 49.3 Å². The van der Waals surface area contributed by atoms with Gasteiger partial charge in [0.25, 0.3) is 0 Å². The molecule has 1 heterocycles. The van der Waals surface area contributed by atoms with Crippen molar-refractivity contribution in [2.24, 2.45) is 11.3 Å². The number of anilines is 2. The molecule has 2 amide bonds. The van der Waals surface area contributed by atoms with Gasteiger partial charge < -0.3 is 25.4 Å². The normalized spacial score (nSPS) is 19.2. The first-order valence-electron chi connectivity index (χ1n) is 12.4. The monoisotopic (exact) mass is 535 g/mol. The Morgan fingerprint density at radius 2 is 1.85 bits per heavy atom. The summed E-state index contributed by atoms with van der Waals surface area (Å²) in [7, 11) is 3.28. The molecular formula is C28H27F2N5O4. The number of nitrogens with one attached hydrogen (secondary N) is 3. The van der Waals surface area contributed by atoms with Gasteiger partial charge in [-0.15, -0.1) is 0 Å². The molecule has 1 aromatic heterocycles. The van der Waals surface area contributed by atoms with Crippen molar-refractivity contribution >= 4 is 34.1 Å². The average molecular weight is 536 g/mol. The van der Waals surface area contributed by atoms with Crippen LogP contribution < -0.4 is 25.4 Å². The molecule has 1 fully saturated rings. The fraction of sp³-hybridized carbons (Fsp3) is 0.286. The summed E-state index contributed by atoms with van der Waals surface area (Å²) in [6.07, 6.45) is 5.37. The molecule has 39 heavy (non-hydrogen) atoms. The molecule has 5 rings (SSSR count). The predicted octanol–water partition coefficient (Wildman–Crippen LogP) is 4.87. The molecule has 0 radical (unpaired) electrons. The van der Waals surface area contributed by atoms with E-state index in [1.54, 1.807) is 32.2 Å². The largest absolute Gasteiger partial charge is 0.495 e. The van der Waals surface area contributed by atoms with Crippen LogP contribution in [0.2, 0.25) is 0 Å². The summed E-state index contributed by atoms with van der Waals surface area (Å²) in [5.74, 6) is -1.58. The molecule has 1 unspecified atom stereocenters. The third kappa shape index (κ3) is 5.12. The van der Waals surface area contributed by atoms with Gasteiger partial charge in [-0.25, -0.2) is 18.7 Å². The van der Waals surface area contributed by atoms with Crippen LogP contribution in [-0.4, -0.2) is 42.1 Å². The lowest BCUT2D eigenvalue weighted by molar-refractivity contribution is -0.133. The predicted molar refractivity (Wildman–Crippen MR) is 142 cm³/mol. The van der Waals surface area contributed by atoms with Gasteiger partial charge in [0.2, 0.25) is 17.7 Å². The Morgan fingerprint density at radius 1 is 1.08 bits per heavy atom. The first-order chi connectivity index (χ1) is 18.7. The van der Waals surface area contributed by atoms with E-state index in [2.05, 4.69) is 25.9 Å². The number of fused-ring (bicyclic) bond motifs is 1. The van der Waals surface area contributed by atoms with E-state index in [9.17, 15) is 14.0 Å². The molecule has 3 aromatic rings. The van der Waals surface area contributed by atoms with Crippen molar-refractivity contribution in [1.29, 1.82) is 0 Å². The Morgan fingerprint density at radius 3 is 2.51 bits per heavy atom. The van der Waals surface area contributed by atoms with E-state index < -0.39 is 29.2 Å². The van der Waals surface area contributed by atoms with E-state index in [-0.39, 0.29) is 23.2 Å². The number of rotatable bonds is 8. The zero-order valence-electron chi connectivity index (χ0n) is 21.5. The Kier molecular flexibility index (Phi) is 6.90. The maximum Gasteiger partial charge on any atom is 0.240 e. The van der Waals surface area contributed by atoms with Gasteiger partial charge in [0.1, 0.15) is 23.7 Å². The fourth-order valence-electron chi connectivity index (χ4n) is 4.34. The second kappa shape index (κ2) is 10.3. The number of hydrogen-bond acceptors (Lipinski definition) is 7. The zero-order chi connectivity index (χ0) is 27.7. The first kappa shape index (κ1) is 26.1. The van der Waals surface area contributed by atoms with Crippen molar-refractivity contribution in [3.05, 3.63) is 66.4 Å². The molecule has 2 aliphatic carbocycles. The highest BCUT2D eigenvalue weighted by atomic mass is 19.1. The van der Waals surface area contributed by atoms with E-state index in [4.69, 9.17) is 9.47 Å². The minimum atomic E-state index is -1.26. The van der Waals surface area contributed by atoms with Gasteiger partial charge in [-0.3, -0.25) is 9.59 Å². The highest BCUT2D eigenvalue weighted by Crippen LogP contribution is 2.47. The molecular weight excluding hydrogens is 508 g/mol. The van der Waals surface area contributed by atoms with Crippen LogP contribution in [0.3, 0.4) is 0 Å². The number of alkyl halides is 1. The van der Waals surface area contributed by atoms with Crippen LogP contribution in [-0.2, 0) is 9.59 Å². The van der Waals surface area contributed by atoms with E-state index >= 15 is 4.39 Å². The quantitative estimate of drug-likeness (QED) is 0.353. The van der Waals surface area contributed by atoms with Crippen molar-refractivity contribution in [3.8, 4) is 17.4 Å². The molecule has 0 spiro atoms. The third-order valence-electron chi connectivity index (χ3n) is 6.87. The summed E-state index contributed by atoms with van der Waals surface area (Å²) in [5.41, 5.74) is 0.646. The van der Waals surface area contributed by atoms with Gasteiger partial charge in [0, 0.05) is 30.4 Å². The maximum absolute atomic E-state index is 15.0. The van der Waals surface area contributed by atoms with Gasteiger partial charge in [0.15, 0.2) is 11.6 Å². The molecule has 1 saturated carbocycles. The van der Waals surface area contributed by atoms with E-state index in [0.29, 0.717) is 35.2 Å². The molecule has 2 atom stereocenters. The highest BCUT2D eigenvalue weighted by molar-refractivity contribution is 6.13. The summed E-state index contributed by atoms with van der Waals surface area (Å²) < 4.78 is 39.8. The summed E-state index contributed by atoms with van der Waals surface area (Å²) in [4.78, 5) is 34.2. The van der Waals surface area contributed by atoms with Crippen LogP contribution in [0.1, 0.15) is 19.8 Å². The van der Waals surface area contributed by atoms with Crippen molar-refractivity contribution in [2.45, 2.75) is 25.9 Å². The molecule has 202 valence electrons. The van der Waals surface area contributed by atoms with Crippen LogP contribution in [0.5, 0.6) is 17.4 Å². The topological polar surface area (TPSA) is 114 Å². The lowest BCUT2D eigenvalue weighted by Crippen LogP contribution is -2.39.